The van der Waals surface area contributed by atoms with E-state index < -0.39 is 23.5 Å². The molecule has 124 valence electrons. The zero-order chi connectivity index (χ0) is 17.7. The van der Waals surface area contributed by atoms with Crippen LogP contribution in [0.2, 0.25) is 0 Å². The van der Waals surface area contributed by atoms with Crippen LogP contribution in [0.1, 0.15) is 15.9 Å². The van der Waals surface area contributed by atoms with Crippen LogP contribution < -0.4 is 10.1 Å². The number of carbonyl (C=O) groups is 1. The molecule has 0 aliphatic carbocycles. The number of nitrogens with one attached hydrogen (secondary N) is 1. The predicted molar refractivity (Wildman–Crippen MR) is 76.9 cm³/mol. The number of amides is 1. The number of hydrogen-bond acceptors (Lipinski definition) is 3. The molecule has 24 heavy (non-hydrogen) atoms. The number of halogens is 4. The molecule has 2 aromatic carbocycles. The molecule has 0 unspecified atom stereocenters. The SMILES string of the molecule is N#CCOc1ccc(NC(=O)c2ccc(F)c(C(F)(F)F)c2)cc1. The second-order valence-electron chi connectivity index (χ2n) is 4.62. The first-order valence-electron chi connectivity index (χ1n) is 6.59. The molecule has 0 spiro atoms. The maximum absolute atomic E-state index is 13.2. The molecule has 2 aromatic rings. The Balaban J connectivity index is 2.14. The fourth-order valence-corrected chi connectivity index (χ4v) is 1.84. The van der Waals surface area contributed by atoms with Crippen LogP contribution in [0.3, 0.4) is 0 Å². The normalized spacial score (nSPS) is 10.8. The predicted octanol–water partition coefficient (Wildman–Crippen LogP) is 4.00. The topological polar surface area (TPSA) is 62.1 Å². The Morgan fingerprint density at radius 3 is 2.42 bits per heavy atom. The van der Waals surface area contributed by atoms with Gasteiger partial charge in [-0.15, -0.1) is 0 Å². The lowest BCUT2D eigenvalue weighted by Gasteiger charge is -2.11. The van der Waals surface area contributed by atoms with Gasteiger partial charge in [0.05, 0.1) is 5.56 Å². The molecule has 0 aliphatic rings. The monoisotopic (exact) mass is 338 g/mol. The highest BCUT2D eigenvalue weighted by molar-refractivity contribution is 6.04. The van der Waals surface area contributed by atoms with Crippen molar-refractivity contribution in [3.8, 4) is 11.8 Å². The van der Waals surface area contributed by atoms with E-state index in [1.54, 1.807) is 6.07 Å². The summed E-state index contributed by atoms with van der Waals surface area (Å²) in [4.78, 5) is 12.0. The Bertz CT molecular complexity index is 780. The second-order valence-corrected chi connectivity index (χ2v) is 4.62. The van der Waals surface area contributed by atoms with E-state index in [0.29, 0.717) is 23.6 Å². The third kappa shape index (κ3) is 4.23. The van der Waals surface area contributed by atoms with Crippen LogP contribution in [0.15, 0.2) is 42.5 Å². The highest BCUT2D eigenvalue weighted by atomic mass is 19.4. The van der Waals surface area contributed by atoms with Gasteiger partial charge < -0.3 is 10.1 Å². The maximum atomic E-state index is 13.2. The van der Waals surface area contributed by atoms with E-state index in [1.165, 1.54) is 24.3 Å². The van der Waals surface area contributed by atoms with E-state index in [4.69, 9.17) is 10.00 Å². The Hall–Kier alpha value is -3.08. The van der Waals surface area contributed by atoms with Crippen LogP contribution >= 0.6 is 0 Å². The number of alkyl halides is 3. The molecule has 2 rings (SSSR count). The molecule has 0 fully saturated rings. The van der Waals surface area contributed by atoms with E-state index in [1.807, 2.05) is 0 Å². The number of ether oxygens (including phenoxy) is 1. The third-order valence-corrected chi connectivity index (χ3v) is 2.95. The molecule has 0 radical (unpaired) electrons. The summed E-state index contributed by atoms with van der Waals surface area (Å²) in [5.74, 6) is -1.86. The van der Waals surface area contributed by atoms with Crippen LogP contribution in [0, 0.1) is 17.1 Å². The first-order valence-corrected chi connectivity index (χ1v) is 6.59. The van der Waals surface area contributed by atoms with Gasteiger partial charge in [0.2, 0.25) is 0 Å². The summed E-state index contributed by atoms with van der Waals surface area (Å²) in [5, 5.41) is 10.8. The number of benzene rings is 2. The molecule has 0 heterocycles. The van der Waals surface area contributed by atoms with Crippen molar-refractivity contribution in [3.05, 3.63) is 59.4 Å². The van der Waals surface area contributed by atoms with Crippen molar-refractivity contribution in [2.45, 2.75) is 6.18 Å². The zero-order valence-corrected chi connectivity index (χ0v) is 12.0. The van der Waals surface area contributed by atoms with Gasteiger partial charge in [-0.25, -0.2) is 4.39 Å². The van der Waals surface area contributed by atoms with E-state index >= 15 is 0 Å². The Morgan fingerprint density at radius 2 is 1.83 bits per heavy atom. The van der Waals surface area contributed by atoms with Gasteiger partial charge in [-0.05, 0) is 42.5 Å². The summed E-state index contributed by atoms with van der Waals surface area (Å²) in [6, 6.07) is 9.69. The van der Waals surface area contributed by atoms with Gasteiger partial charge in [0.15, 0.2) is 6.61 Å². The van der Waals surface area contributed by atoms with Crippen LogP contribution in [-0.2, 0) is 6.18 Å². The summed E-state index contributed by atoms with van der Waals surface area (Å²) < 4.78 is 56.2. The number of carbonyl (C=O) groups excluding carboxylic acids is 1. The molecule has 0 atom stereocenters. The van der Waals surface area contributed by atoms with Gasteiger partial charge in [0.25, 0.3) is 5.91 Å². The third-order valence-electron chi connectivity index (χ3n) is 2.95. The van der Waals surface area contributed by atoms with Crippen molar-refractivity contribution < 1.29 is 27.1 Å². The maximum Gasteiger partial charge on any atom is 0.419 e. The highest BCUT2D eigenvalue weighted by Crippen LogP contribution is 2.32. The molecule has 4 nitrogen and oxygen atoms in total. The average Bonchev–Trinajstić information content (AvgIpc) is 2.53. The van der Waals surface area contributed by atoms with Crippen molar-refractivity contribution in [1.82, 2.24) is 0 Å². The molecule has 0 aliphatic heterocycles. The Labute approximate surface area is 134 Å². The quantitative estimate of drug-likeness (QED) is 0.857. The number of nitrogens with zero attached hydrogens (tertiary/aromatic N) is 1. The zero-order valence-electron chi connectivity index (χ0n) is 12.0. The smallest absolute Gasteiger partial charge is 0.419 e. The van der Waals surface area contributed by atoms with Gasteiger partial charge in [-0.1, -0.05) is 0 Å². The lowest BCUT2D eigenvalue weighted by atomic mass is 10.1. The van der Waals surface area contributed by atoms with Crippen molar-refractivity contribution >= 4 is 11.6 Å². The van der Waals surface area contributed by atoms with Crippen molar-refractivity contribution in [2.75, 3.05) is 11.9 Å². The minimum Gasteiger partial charge on any atom is -0.479 e. The van der Waals surface area contributed by atoms with Gasteiger partial charge in [-0.2, -0.15) is 18.4 Å². The van der Waals surface area contributed by atoms with E-state index in [9.17, 15) is 22.4 Å². The lowest BCUT2D eigenvalue weighted by Crippen LogP contribution is -2.15. The second kappa shape index (κ2) is 7.00. The molecule has 0 saturated carbocycles. The first kappa shape index (κ1) is 17.3. The number of rotatable bonds is 4. The van der Waals surface area contributed by atoms with E-state index in [2.05, 4.69) is 5.32 Å². The minimum absolute atomic E-state index is 0.137. The molecule has 1 N–H and O–H groups in total. The van der Waals surface area contributed by atoms with Gasteiger partial charge in [0, 0.05) is 11.3 Å². The standard InChI is InChI=1S/C16H10F4N2O2/c17-14-6-1-10(9-13(14)16(18,19)20)15(23)22-11-2-4-12(5-3-11)24-8-7-21/h1-6,9H,8H2,(H,22,23). The summed E-state index contributed by atoms with van der Waals surface area (Å²) in [5.41, 5.74) is -1.52. The van der Waals surface area contributed by atoms with Crippen molar-refractivity contribution in [3.63, 3.8) is 0 Å². The number of hydrogen-bond donors (Lipinski definition) is 1. The van der Waals surface area contributed by atoms with Crippen LogP contribution in [0.4, 0.5) is 23.2 Å². The average molecular weight is 338 g/mol. The Morgan fingerprint density at radius 1 is 1.17 bits per heavy atom. The number of nitriles is 1. The molecule has 0 bridgehead atoms. The lowest BCUT2D eigenvalue weighted by molar-refractivity contribution is -0.140. The molecular formula is C16H10F4N2O2. The first-order chi connectivity index (χ1) is 11.3. The van der Waals surface area contributed by atoms with Crippen LogP contribution in [-0.4, -0.2) is 12.5 Å². The summed E-state index contributed by atoms with van der Waals surface area (Å²) in [6.07, 6.45) is -4.89. The molecule has 0 saturated heterocycles. The molecule has 0 aromatic heterocycles. The number of anilines is 1. The minimum atomic E-state index is -4.89. The molecule has 8 heteroatoms. The molecular weight excluding hydrogens is 328 g/mol. The summed E-state index contributed by atoms with van der Waals surface area (Å²) >= 11 is 0. The fraction of sp³-hybridized carbons (Fsp3) is 0.125. The van der Waals surface area contributed by atoms with Crippen molar-refractivity contribution in [1.29, 1.82) is 5.26 Å². The van der Waals surface area contributed by atoms with Gasteiger partial charge in [0.1, 0.15) is 17.6 Å². The van der Waals surface area contributed by atoms with E-state index in [0.717, 1.165) is 6.07 Å². The summed E-state index contributed by atoms with van der Waals surface area (Å²) in [6.45, 7) is -0.137. The molecule has 1 amide bonds. The largest absolute Gasteiger partial charge is 0.479 e. The van der Waals surface area contributed by atoms with Crippen LogP contribution in [0.5, 0.6) is 5.75 Å². The highest BCUT2D eigenvalue weighted by Gasteiger charge is 2.34. The Kier molecular flexibility index (Phi) is 5.04. The van der Waals surface area contributed by atoms with E-state index in [-0.39, 0.29) is 12.2 Å². The summed E-state index contributed by atoms with van der Waals surface area (Å²) in [7, 11) is 0. The van der Waals surface area contributed by atoms with Gasteiger partial charge in [-0.3, -0.25) is 4.79 Å². The van der Waals surface area contributed by atoms with Crippen LogP contribution in [0.25, 0.3) is 0 Å². The fourth-order valence-electron chi connectivity index (χ4n) is 1.84. The van der Waals surface area contributed by atoms with Crippen molar-refractivity contribution in [2.24, 2.45) is 0 Å². The van der Waals surface area contributed by atoms with Gasteiger partial charge >= 0.3 is 6.18 Å².